The molecule has 9 heteroatoms. The Morgan fingerprint density at radius 1 is 1.13 bits per heavy atom. The molecule has 8 nitrogen and oxygen atoms in total. The fraction of sp³-hybridized carbons (Fsp3) is 0. The van der Waals surface area contributed by atoms with Crippen LogP contribution in [-0.4, -0.2) is 20.8 Å². The van der Waals surface area contributed by atoms with E-state index in [1.54, 1.807) is 48.8 Å². The maximum absolute atomic E-state index is 12.2. The van der Waals surface area contributed by atoms with Crippen LogP contribution in [0.2, 0.25) is 5.02 Å². The Morgan fingerprint density at radius 3 is 2.70 bits per heavy atom. The van der Waals surface area contributed by atoms with E-state index in [0.29, 0.717) is 28.2 Å². The molecule has 148 valence electrons. The zero-order chi connectivity index (χ0) is 21.1. The van der Waals surface area contributed by atoms with Crippen molar-refractivity contribution in [3.05, 3.63) is 87.7 Å². The van der Waals surface area contributed by atoms with Gasteiger partial charge in [-0.15, -0.1) is 0 Å². The number of amides is 1. The highest BCUT2D eigenvalue weighted by Crippen LogP contribution is 2.27. The summed E-state index contributed by atoms with van der Waals surface area (Å²) in [6, 6.07) is 13.0. The number of benzene rings is 2. The number of oxazole rings is 1. The SMILES string of the molecule is O=C(/C=C/c1ccc(Cl)c([N+](=O)[O-])c1)Nc1ccc2oc(-c3ccncc3)nc2c1. The molecule has 4 aromatic rings. The lowest BCUT2D eigenvalue weighted by atomic mass is 10.2. The second kappa shape index (κ2) is 8.14. The molecule has 0 unspecified atom stereocenters. The number of nitrogens with zero attached hydrogens (tertiary/aromatic N) is 3. The summed E-state index contributed by atoms with van der Waals surface area (Å²) < 4.78 is 5.73. The number of fused-ring (bicyclic) bond motifs is 1. The van der Waals surface area contributed by atoms with Gasteiger partial charge >= 0.3 is 0 Å². The molecule has 0 aliphatic rings. The van der Waals surface area contributed by atoms with Crippen LogP contribution >= 0.6 is 11.6 Å². The quantitative estimate of drug-likeness (QED) is 0.273. The molecular weight excluding hydrogens is 408 g/mol. The molecule has 0 atom stereocenters. The van der Waals surface area contributed by atoms with Crippen molar-refractivity contribution in [2.75, 3.05) is 5.32 Å². The number of hydrogen-bond acceptors (Lipinski definition) is 6. The van der Waals surface area contributed by atoms with Crippen LogP contribution in [0.3, 0.4) is 0 Å². The van der Waals surface area contributed by atoms with Crippen molar-refractivity contribution in [2.24, 2.45) is 0 Å². The van der Waals surface area contributed by atoms with E-state index in [4.69, 9.17) is 16.0 Å². The minimum Gasteiger partial charge on any atom is -0.436 e. The maximum atomic E-state index is 12.2. The first-order valence-electron chi connectivity index (χ1n) is 8.73. The van der Waals surface area contributed by atoms with E-state index < -0.39 is 10.8 Å². The first-order chi connectivity index (χ1) is 14.5. The molecule has 0 bridgehead atoms. The summed E-state index contributed by atoms with van der Waals surface area (Å²) in [5, 5.41) is 13.7. The van der Waals surface area contributed by atoms with Gasteiger partial charge in [0.25, 0.3) is 5.69 Å². The van der Waals surface area contributed by atoms with Gasteiger partial charge in [0.1, 0.15) is 10.5 Å². The molecule has 0 aliphatic heterocycles. The molecule has 2 aromatic heterocycles. The average molecular weight is 421 g/mol. The standard InChI is InChI=1S/C21H13ClN4O4/c22-16-4-1-13(11-18(16)26(28)29)2-6-20(27)24-15-3-5-19-17(12-15)25-21(30-19)14-7-9-23-10-8-14/h1-12H,(H,24,27)/b6-2+. The number of carbonyl (C=O) groups is 1. The number of carbonyl (C=O) groups excluding carboxylic acids is 1. The van der Waals surface area contributed by atoms with Crippen LogP contribution in [-0.2, 0) is 4.79 Å². The van der Waals surface area contributed by atoms with E-state index in [2.05, 4.69) is 15.3 Å². The molecule has 1 amide bonds. The summed E-state index contributed by atoms with van der Waals surface area (Å²) in [7, 11) is 0. The van der Waals surface area contributed by atoms with Crippen molar-refractivity contribution < 1.29 is 14.1 Å². The molecule has 4 rings (SSSR count). The van der Waals surface area contributed by atoms with Crippen LogP contribution in [0.4, 0.5) is 11.4 Å². The largest absolute Gasteiger partial charge is 0.436 e. The fourth-order valence-corrected chi connectivity index (χ4v) is 2.94. The van der Waals surface area contributed by atoms with E-state index in [9.17, 15) is 14.9 Å². The summed E-state index contributed by atoms with van der Waals surface area (Å²) in [5.41, 5.74) is 2.78. The van der Waals surface area contributed by atoms with E-state index in [0.717, 1.165) is 5.56 Å². The number of pyridine rings is 1. The van der Waals surface area contributed by atoms with Crippen LogP contribution in [0.25, 0.3) is 28.6 Å². The second-order valence-corrected chi connectivity index (χ2v) is 6.64. The highest BCUT2D eigenvalue weighted by Gasteiger charge is 2.12. The number of aromatic nitrogens is 2. The molecular formula is C21H13ClN4O4. The topological polar surface area (TPSA) is 111 Å². The minimum absolute atomic E-state index is 0.0358. The van der Waals surface area contributed by atoms with Gasteiger partial charge in [-0.05, 0) is 48.0 Å². The molecule has 0 fully saturated rings. The third-order valence-electron chi connectivity index (χ3n) is 4.18. The second-order valence-electron chi connectivity index (χ2n) is 6.23. The van der Waals surface area contributed by atoms with Crippen LogP contribution in [0.1, 0.15) is 5.56 Å². The maximum Gasteiger partial charge on any atom is 0.288 e. The number of hydrogen-bond donors (Lipinski definition) is 1. The number of nitro benzene ring substituents is 1. The Kier molecular flexibility index (Phi) is 5.23. The highest BCUT2D eigenvalue weighted by molar-refractivity contribution is 6.32. The van der Waals surface area contributed by atoms with Crippen molar-refractivity contribution in [3.8, 4) is 11.5 Å². The number of anilines is 1. The van der Waals surface area contributed by atoms with Gasteiger partial charge in [0, 0.05) is 35.8 Å². The predicted molar refractivity (Wildman–Crippen MR) is 113 cm³/mol. The lowest BCUT2D eigenvalue weighted by Gasteiger charge is -2.01. The smallest absolute Gasteiger partial charge is 0.288 e. The molecule has 1 N–H and O–H groups in total. The summed E-state index contributed by atoms with van der Waals surface area (Å²) in [6.07, 6.45) is 6.05. The summed E-state index contributed by atoms with van der Waals surface area (Å²) in [6.45, 7) is 0. The van der Waals surface area contributed by atoms with Gasteiger partial charge in [-0.25, -0.2) is 4.98 Å². The predicted octanol–water partition coefficient (Wildman–Crippen LogP) is 5.10. The van der Waals surface area contributed by atoms with Gasteiger partial charge in [0.05, 0.1) is 4.92 Å². The third kappa shape index (κ3) is 4.18. The molecule has 0 spiro atoms. The summed E-state index contributed by atoms with van der Waals surface area (Å²) in [5.74, 6) is 0.0601. The molecule has 0 aliphatic carbocycles. The van der Waals surface area contributed by atoms with E-state index in [1.807, 2.05) is 0 Å². The van der Waals surface area contributed by atoms with Gasteiger partial charge in [-0.2, -0.15) is 0 Å². The van der Waals surface area contributed by atoms with Gasteiger partial charge in [0.2, 0.25) is 11.8 Å². The normalized spacial score (nSPS) is 11.1. The van der Waals surface area contributed by atoms with Crippen LogP contribution in [0.15, 0.2) is 71.4 Å². The summed E-state index contributed by atoms with van der Waals surface area (Å²) >= 11 is 5.79. The van der Waals surface area contributed by atoms with Crippen molar-refractivity contribution in [3.63, 3.8) is 0 Å². The van der Waals surface area contributed by atoms with Gasteiger partial charge in [0.15, 0.2) is 5.58 Å². The first kappa shape index (κ1) is 19.3. The van der Waals surface area contributed by atoms with Gasteiger partial charge in [-0.3, -0.25) is 19.9 Å². The number of nitrogens with one attached hydrogen (secondary N) is 1. The average Bonchev–Trinajstić information content (AvgIpc) is 3.17. The van der Waals surface area contributed by atoms with E-state index >= 15 is 0 Å². The van der Waals surface area contributed by atoms with E-state index in [-0.39, 0.29) is 10.7 Å². The zero-order valence-corrected chi connectivity index (χ0v) is 16.0. The molecule has 30 heavy (non-hydrogen) atoms. The Labute approximate surface area is 175 Å². The summed E-state index contributed by atoms with van der Waals surface area (Å²) in [4.78, 5) is 31.0. The van der Waals surface area contributed by atoms with Crippen molar-refractivity contribution in [1.29, 1.82) is 0 Å². The lowest BCUT2D eigenvalue weighted by Crippen LogP contribution is -2.07. The highest BCUT2D eigenvalue weighted by atomic mass is 35.5. The van der Waals surface area contributed by atoms with Crippen molar-refractivity contribution in [2.45, 2.75) is 0 Å². The Balaban J connectivity index is 1.50. The fourth-order valence-electron chi connectivity index (χ4n) is 2.75. The Bertz CT molecular complexity index is 1280. The zero-order valence-electron chi connectivity index (χ0n) is 15.3. The third-order valence-corrected chi connectivity index (χ3v) is 4.50. The molecule has 2 aromatic carbocycles. The van der Waals surface area contributed by atoms with Crippen LogP contribution in [0, 0.1) is 10.1 Å². The number of nitro groups is 1. The van der Waals surface area contributed by atoms with Crippen molar-refractivity contribution >= 4 is 46.1 Å². The molecule has 0 saturated carbocycles. The van der Waals surface area contributed by atoms with E-state index in [1.165, 1.54) is 24.3 Å². The first-order valence-corrected chi connectivity index (χ1v) is 9.11. The lowest BCUT2D eigenvalue weighted by molar-refractivity contribution is -0.384. The van der Waals surface area contributed by atoms with Gasteiger partial charge < -0.3 is 9.73 Å². The van der Waals surface area contributed by atoms with Crippen LogP contribution < -0.4 is 5.32 Å². The monoisotopic (exact) mass is 420 g/mol. The van der Waals surface area contributed by atoms with Crippen LogP contribution in [0.5, 0.6) is 0 Å². The number of rotatable bonds is 5. The molecule has 2 heterocycles. The Morgan fingerprint density at radius 2 is 1.93 bits per heavy atom. The Hall–Kier alpha value is -4.04. The van der Waals surface area contributed by atoms with Crippen molar-refractivity contribution in [1.82, 2.24) is 9.97 Å². The minimum atomic E-state index is -0.576. The van der Waals surface area contributed by atoms with Gasteiger partial charge in [-0.1, -0.05) is 17.7 Å². The number of halogens is 1. The molecule has 0 radical (unpaired) electrons. The molecule has 0 saturated heterocycles.